The van der Waals surface area contributed by atoms with Crippen LogP contribution in [0, 0.1) is 0 Å². The molecule has 5 nitrogen and oxygen atoms in total. The van der Waals surface area contributed by atoms with E-state index in [0.717, 1.165) is 0 Å². The lowest BCUT2D eigenvalue weighted by atomic mass is 10.4. The lowest BCUT2D eigenvalue weighted by Gasteiger charge is -2.32. The SMILES string of the molecule is NC(=O)N1CC=CN2C=COC=C21. The Morgan fingerprint density at radius 3 is 3.15 bits per heavy atom. The molecule has 0 fully saturated rings. The molecule has 0 spiro atoms. The van der Waals surface area contributed by atoms with Crippen LogP contribution in [0.1, 0.15) is 0 Å². The summed E-state index contributed by atoms with van der Waals surface area (Å²) in [5.41, 5.74) is 5.18. The number of hydrogen-bond donors (Lipinski definition) is 1. The number of carbonyl (C=O) groups is 1. The second kappa shape index (κ2) is 2.85. The first-order chi connectivity index (χ1) is 6.29. The largest absolute Gasteiger partial charge is 0.467 e. The summed E-state index contributed by atoms with van der Waals surface area (Å²) in [5.74, 6) is 0.637. The molecule has 68 valence electrons. The van der Waals surface area contributed by atoms with Gasteiger partial charge in [-0.2, -0.15) is 0 Å². The van der Waals surface area contributed by atoms with Gasteiger partial charge in [-0.15, -0.1) is 0 Å². The lowest BCUT2D eigenvalue weighted by molar-refractivity contribution is 0.204. The van der Waals surface area contributed by atoms with Crippen LogP contribution in [0.3, 0.4) is 0 Å². The number of rotatable bonds is 0. The molecule has 0 bridgehead atoms. The Balaban J connectivity index is 2.30. The Kier molecular flexibility index (Phi) is 1.70. The van der Waals surface area contributed by atoms with Crippen molar-refractivity contribution in [1.82, 2.24) is 9.80 Å². The summed E-state index contributed by atoms with van der Waals surface area (Å²) >= 11 is 0. The molecule has 2 rings (SSSR count). The van der Waals surface area contributed by atoms with E-state index in [1.165, 1.54) is 17.4 Å². The van der Waals surface area contributed by atoms with Crippen molar-refractivity contribution in [3.8, 4) is 0 Å². The molecule has 0 saturated carbocycles. The van der Waals surface area contributed by atoms with Crippen LogP contribution >= 0.6 is 0 Å². The first kappa shape index (κ1) is 7.72. The zero-order valence-electron chi connectivity index (χ0n) is 6.88. The van der Waals surface area contributed by atoms with Gasteiger partial charge in [-0.3, -0.25) is 4.90 Å². The van der Waals surface area contributed by atoms with Crippen molar-refractivity contribution in [3.63, 3.8) is 0 Å². The van der Waals surface area contributed by atoms with Crippen LogP contribution in [0.25, 0.3) is 0 Å². The van der Waals surface area contributed by atoms with Gasteiger partial charge in [0, 0.05) is 18.9 Å². The van der Waals surface area contributed by atoms with Gasteiger partial charge in [0.2, 0.25) is 0 Å². The number of urea groups is 1. The maximum atomic E-state index is 11.0. The number of nitrogens with zero attached hydrogens (tertiary/aromatic N) is 2. The average molecular weight is 179 g/mol. The third-order valence-electron chi connectivity index (χ3n) is 1.83. The Labute approximate surface area is 75.3 Å². The van der Waals surface area contributed by atoms with E-state index in [0.29, 0.717) is 12.4 Å². The Hall–Kier alpha value is -1.91. The molecule has 2 N–H and O–H groups in total. The summed E-state index contributed by atoms with van der Waals surface area (Å²) in [7, 11) is 0. The summed E-state index contributed by atoms with van der Waals surface area (Å²) in [4.78, 5) is 14.2. The first-order valence-corrected chi connectivity index (χ1v) is 3.83. The molecule has 5 heteroatoms. The normalized spacial score (nSPS) is 19.2. The molecule has 0 aromatic rings. The molecular weight excluding hydrogens is 170 g/mol. The van der Waals surface area contributed by atoms with E-state index >= 15 is 0 Å². The second-order valence-electron chi connectivity index (χ2n) is 2.64. The van der Waals surface area contributed by atoms with Gasteiger partial charge < -0.3 is 15.4 Å². The van der Waals surface area contributed by atoms with E-state index in [2.05, 4.69) is 0 Å². The number of hydrogen-bond acceptors (Lipinski definition) is 3. The Morgan fingerprint density at radius 2 is 2.38 bits per heavy atom. The molecule has 2 heterocycles. The lowest BCUT2D eigenvalue weighted by Crippen LogP contribution is -2.42. The van der Waals surface area contributed by atoms with Crippen molar-refractivity contribution >= 4 is 6.03 Å². The highest BCUT2D eigenvalue weighted by Gasteiger charge is 2.22. The van der Waals surface area contributed by atoms with Gasteiger partial charge in [-0.05, 0) is 6.08 Å². The topological polar surface area (TPSA) is 58.8 Å². The van der Waals surface area contributed by atoms with Gasteiger partial charge in [-0.1, -0.05) is 0 Å². The zero-order valence-corrected chi connectivity index (χ0v) is 6.88. The molecular formula is C8H9N3O2. The summed E-state index contributed by atoms with van der Waals surface area (Å²) in [5, 5.41) is 0. The minimum atomic E-state index is -0.487. The molecule has 2 aliphatic heterocycles. The van der Waals surface area contributed by atoms with Gasteiger partial charge in [0.05, 0.1) is 0 Å². The minimum absolute atomic E-state index is 0.481. The van der Waals surface area contributed by atoms with Crippen molar-refractivity contribution < 1.29 is 9.53 Å². The maximum absolute atomic E-state index is 11.0. The summed E-state index contributed by atoms with van der Waals surface area (Å²) < 4.78 is 4.95. The third-order valence-corrected chi connectivity index (χ3v) is 1.83. The molecule has 13 heavy (non-hydrogen) atoms. The molecule has 0 unspecified atom stereocenters. The summed E-state index contributed by atoms with van der Waals surface area (Å²) in [6, 6.07) is -0.487. The van der Waals surface area contributed by atoms with Crippen LogP contribution in [0.15, 0.2) is 36.8 Å². The van der Waals surface area contributed by atoms with Crippen molar-refractivity contribution in [2.45, 2.75) is 0 Å². The minimum Gasteiger partial charge on any atom is -0.467 e. The van der Waals surface area contributed by atoms with Crippen molar-refractivity contribution in [3.05, 3.63) is 36.8 Å². The summed E-state index contributed by atoms with van der Waals surface area (Å²) in [6.45, 7) is 0.481. The number of amides is 2. The molecule has 0 aromatic heterocycles. The van der Waals surface area contributed by atoms with E-state index < -0.39 is 6.03 Å². The van der Waals surface area contributed by atoms with E-state index in [1.807, 2.05) is 12.3 Å². The predicted molar refractivity (Wildman–Crippen MR) is 45.6 cm³/mol. The molecule has 2 amide bonds. The Morgan fingerprint density at radius 1 is 1.54 bits per heavy atom. The van der Waals surface area contributed by atoms with Crippen LogP contribution in [0.2, 0.25) is 0 Å². The van der Waals surface area contributed by atoms with Gasteiger partial charge >= 0.3 is 6.03 Å². The second-order valence-corrected chi connectivity index (χ2v) is 2.64. The van der Waals surface area contributed by atoms with E-state index in [1.54, 1.807) is 11.1 Å². The van der Waals surface area contributed by atoms with Crippen molar-refractivity contribution in [1.29, 1.82) is 0 Å². The van der Waals surface area contributed by atoms with E-state index in [9.17, 15) is 4.79 Å². The average Bonchev–Trinajstić information content (AvgIpc) is 2.17. The van der Waals surface area contributed by atoms with Gasteiger partial charge in [-0.25, -0.2) is 4.79 Å². The van der Waals surface area contributed by atoms with Gasteiger partial charge in [0.1, 0.15) is 12.5 Å². The number of fused-ring (bicyclic) bond motifs is 1. The fraction of sp³-hybridized carbons (Fsp3) is 0.125. The third kappa shape index (κ3) is 1.24. The standard InChI is InChI=1S/C8H9N3O2/c9-8(12)11-3-1-2-10-4-5-13-6-7(10)11/h1-2,4-6H,3H2,(H2,9,12). The zero-order chi connectivity index (χ0) is 9.26. The number of carbonyl (C=O) groups excluding carboxylic acids is 1. The first-order valence-electron chi connectivity index (χ1n) is 3.83. The Bertz CT molecular complexity index is 319. The monoisotopic (exact) mass is 179 g/mol. The maximum Gasteiger partial charge on any atom is 0.320 e. The van der Waals surface area contributed by atoms with Crippen LogP contribution in [-0.4, -0.2) is 22.4 Å². The molecule has 0 aromatic carbocycles. The number of primary amides is 1. The van der Waals surface area contributed by atoms with E-state index in [-0.39, 0.29) is 0 Å². The molecule has 0 atom stereocenters. The van der Waals surface area contributed by atoms with Crippen molar-refractivity contribution in [2.24, 2.45) is 5.73 Å². The summed E-state index contributed by atoms with van der Waals surface area (Å²) in [6.07, 6.45) is 8.41. The van der Waals surface area contributed by atoms with Crippen LogP contribution in [0.5, 0.6) is 0 Å². The van der Waals surface area contributed by atoms with Gasteiger partial charge in [0.25, 0.3) is 0 Å². The predicted octanol–water partition coefficient (Wildman–Crippen LogP) is 0.497. The highest BCUT2D eigenvalue weighted by atomic mass is 16.5. The smallest absolute Gasteiger partial charge is 0.320 e. The highest BCUT2D eigenvalue weighted by Crippen LogP contribution is 2.19. The molecule has 0 aliphatic carbocycles. The quantitative estimate of drug-likeness (QED) is 0.589. The molecule has 0 radical (unpaired) electrons. The molecule has 2 aliphatic rings. The fourth-order valence-corrected chi connectivity index (χ4v) is 1.23. The fourth-order valence-electron chi connectivity index (χ4n) is 1.23. The van der Waals surface area contributed by atoms with Crippen LogP contribution in [-0.2, 0) is 4.74 Å². The van der Waals surface area contributed by atoms with Gasteiger partial charge in [0.15, 0.2) is 5.82 Å². The number of ether oxygens (including phenoxy) is 1. The van der Waals surface area contributed by atoms with E-state index in [4.69, 9.17) is 10.5 Å². The van der Waals surface area contributed by atoms with Crippen molar-refractivity contribution in [2.75, 3.05) is 6.54 Å². The number of nitrogens with two attached hydrogens (primary N) is 1. The highest BCUT2D eigenvalue weighted by molar-refractivity contribution is 5.74. The molecule has 0 saturated heterocycles. The van der Waals surface area contributed by atoms with Crippen LogP contribution in [0.4, 0.5) is 4.79 Å². The van der Waals surface area contributed by atoms with Crippen LogP contribution < -0.4 is 5.73 Å².